The first-order chi connectivity index (χ1) is 19.9. The van der Waals surface area contributed by atoms with Crippen molar-refractivity contribution in [1.82, 2.24) is 19.9 Å². The van der Waals surface area contributed by atoms with E-state index in [1.165, 1.54) is 24.4 Å². The standard InChI is InChI=1S/C30H27F5N6O/c1-4-19-10-21-13-36-29(38-22-8-9-26(25(32)11-22)40-14-17(2)37-18(3)15-40)39-27(21)41(28(19)42)16-23-20(12-30(33,34)35)6-5-7-24(23)31/h1,5-11,13,17-18,37H,12,14-16H2,2-3H3,(H,36,38,39)/t17-,18+. The second kappa shape index (κ2) is 11.4. The molecule has 2 aromatic heterocycles. The number of pyridine rings is 1. The van der Waals surface area contributed by atoms with E-state index in [0.717, 1.165) is 16.7 Å². The maximum absolute atomic E-state index is 15.2. The average molecular weight is 583 g/mol. The highest BCUT2D eigenvalue weighted by Crippen LogP contribution is 2.28. The monoisotopic (exact) mass is 582 g/mol. The molecule has 2 atom stereocenters. The molecular formula is C30H27F5N6O. The number of piperazine rings is 1. The average Bonchev–Trinajstić information content (AvgIpc) is 2.90. The van der Waals surface area contributed by atoms with E-state index in [1.54, 1.807) is 12.1 Å². The van der Waals surface area contributed by atoms with Gasteiger partial charge in [0.15, 0.2) is 0 Å². The number of hydrogen-bond donors (Lipinski definition) is 2. The van der Waals surface area contributed by atoms with Crippen molar-refractivity contribution >= 4 is 28.4 Å². The Labute approximate surface area is 238 Å². The molecule has 0 spiro atoms. The summed E-state index contributed by atoms with van der Waals surface area (Å²) in [5.74, 6) is 0.889. The van der Waals surface area contributed by atoms with Gasteiger partial charge in [0, 0.05) is 48.0 Å². The Morgan fingerprint density at radius 1 is 1.10 bits per heavy atom. The molecule has 42 heavy (non-hydrogen) atoms. The fourth-order valence-corrected chi connectivity index (χ4v) is 5.28. The molecule has 0 unspecified atom stereocenters. The zero-order chi connectivity index (χ0) is 30.2. The molecule has 0 amide bonds. The number of fused-ring (bicyclic) bond motifs is 1. The number of hydrogen-bond acceptors (Lipinski definition) is 6. The van der Waals surface area contributed by atoms with Gasteiger partial charge in [-0.1, -0.05) is 18.1 Å². The molecule has 218 valence electrons. The van der Waals surface area contributed by atoms with Crippen LogP contribution in [0.1, 0.15) is 30.5 Å². The SMILES string of the molecule is C#Cc1cc2cnc(Nc3ccc(N4C[C@@H](C)N[C@@H](C)C4)c(F)c3)nc2n(Cc2c(F)cccc2CC(F)(F)F)c1=O. The number of aromatic nitrogens is 3. The van der Waals surface area contributed by atoms with Crippen LogP contribution < -0.4 is 21.1 Å². The molecular weight excluding hydrogens is 555 g/mol. The van der Waals surface area contributed by atoms with Crippen LogP contribution in [-0.4, -0.2) is 45.9 Å². The van der Waals surface area contributed by atoms with E-state index in [4.69, 9.17) is 6.42 Å². The van der Waals surface area contributed by atoms with Crippen molar-refractivity contribution < 1.29 is 22.0 Å². The number of terminal acetylenes is 1. The minimum atomic E-state index is -4.60. The van der Waals surface area contributed by atoms with E-state index in [0.29, 0.717) is 29.9 Å². The zero-order valence-corrected chi connectivity index (χ0v) is 22.8. The van der Waals surface area contributed by atoms with E-state index in [2.05, 4.69) is 26.5 Å². The van der Waals surface area contributed by atoms with Crippen molar-refractivity contribution in [1.29, 1.82) is 0 Å². The smallest absolute Gasteiger partial charge is 0.366 e. The number of nitrogens with one attached hydrogen (secondary N) is 2. The Bertz CT molecular complexity index is 1740. The van der Waals surface area contributed by atoms with Gasteiger partial charge in [-0.3, -0.25) is 9.36 Å². The molecule has 1 fully saturated rings. The van der Waals surface area contributed by atoms with E-state index in [1.807, 2.05) is 18.7 Å². The molecule has 12 heteroatoms. The van der Waals surface area contributed by atoms with Gasteiger partial charge in [0.1, 0.15) is 17.3 Å². The lowest BCUT2D eigenvalue weighted by Crippen LogP contribution is -2.54. The summed E-state index contributed by atoms with van der Waals surface area (Å²) in [6.45, 7) is 4.80. The number of anilines is 3. The molecule has 5 rings (SSSR count). The van der Waals surface area contributed by atoms with Crippen molar-refractivity contribution in [3.63, 3.8) is 0 Å². The van der Waals surface area contributed by atoms with E-state index in [9.17, 15) is 22.4 Å². The van der Waals surface area contributed by atoms with Crippen LogP contribution in [0.4, 0.5) is 39.3 Å². The number of halogens is 5. The zero-order valence-electron chi connectivity index (χ0n) is 22.8. The van der Waals surface area contributed by atoms with Gasteiger partial charge in [0.05, 0.1) is 24.2 Å². The molecule has 0 radical (unpaired) electrons. The van der Waals surface area contributed by atoms with Crippen LogP contribution in [-0.2, 0) is 13.0 Å². The lowest BCUT2D eigenvalue weighted by molar-refractivity contribution is -0.127. The molecule has 7 nitrogen and oxygen atoms in total. The number of alkyl halides is 3. The van der Waals surface area contributed by atoms with E-state index < -0.39 is 36.3 Å². The largest absolute Gasteiger partial charge is 0.393 e. The van der Waals surface area contributed by atoms with Crippen molar-refractivity contribution in [3.05, 3.63) is 87.3 Å². The first kappa shape index (κ1) is 29.0. The molecule has 2 aromatic carbocycles. The van der Waals surface area contributed by atoms with Crippen LogP contribution in [0.5, 0.6) is 0 Å². The number of rotatable bonds is 6. The van der Waals surface area contributed by atoms with Crippen LogP contribution in [0.25, 0.3) is 11.0 Å². The number of nitrogens with zero attached hydrogens (tertiary/aromatic N) is 4. The predicted octanol–water partition coefficient (Wildman–Crippen LogP) is 5.13. The van der Waals surface area contributed by atoms with Crippen LogP contribution >= 0.6 is 0 Å². The maximum Gasteiger partial charge on any atom is 0.393 e. The van der Waals surface area contributed by atoms with Gasteiger partial charge in [-0.25, -0.2) is 13.8 Å². The summed E-state index contributed by atoms with van der Waals surface area (Å²) in [6, 6.07) is 9.74. The Kier molecular flexibility index (Phi) is 7.88. The Morgan fingerprint density at radius 3 is 2.50 bits per heavy atom. The summed E-state index contributed by atoms with van der Waals surface area (Å²) in [6.07, 6.45) is 0.888. The molecule has 1 saturated heterocycles. The highest BCUT2D eigenvalue weighted by atomic mass is 19.4. The summed E-state index contributed by atoms with van der Waals surface area (Å²) in [5.41, 5.74) is -0.642. The predicted molar refractivity (Wildman–Crippen MR) is 151 cm³/mol. The van der Waals surface area contributed by atoms with Crippen LogP contribution in [0.3, 0.4) is 0 Å². The summed E-state index contributed by atoms with van der Waals surface area (Å²) >= 11 is 0. The first-order valence-corrected chi connectivity index (χ1v) is 13.2. The Balaban J connectivity index is 1.51. The quantitative estimate of drug-likeness (QED) is 0.243. The minimum absolute atomic E-state index is 0.00952. The summed E-state index contributed by atoms with van der Waals surface area (Å²) in [7, 11) is 0. The van der Waals surface area contributed by atoms with Gasteiger partial charge in [-0.2, -0.15) is 18.2 Å². The second-order valence-corrected chi connectivity index (χ2v) is 10.4. The minimum Gasteiger partial charge on any atom is -0.366 e. The molecule has 2 N–H and O–H groups in total. The van der Waals surface area contributed by atoms with Crippen molar-refractivity contribution in [2.45, 2.75) is 45.1 Å². The topological polar surface area (TPSA) is 75.1 Å². The van der Waals surface area contributed by atoms with Crippen LogP contribution in [0.2, 0.25) is 0 Å². The van der Waals surface area contributed by atoms with Crippen molar-refractivity contribution in [2.24, 2.45) is 0 Å². The second-order valence-electron chi connectivity index (χ2n) is 10.4. The fourth-order valence-electron chi connectivity index (χ4n) is 5.28. The highest BCUT2D eigenvalue weighted by molar-refractivity contribution is 5.77. The third kappa shape index (κ3) is 6.21. The molecule has 1 aliphatic rings. The summed E-state index contributed by atoms with van der Waals surface area (Å²) in [5, 5.41) is 6.62. The molecule has 1 aliphatic heterocycles. The number of benzene rings is 2. The lowest BCUT2D eigenvalue weighted by atomic mass is 10.0. The lowest BCUT2D eigenvalue weighted by Gasteiger charge is -2.37. The van der Waals surface area contributed by atoms with Crippen LogP contribution in [0.15, 0.2) is 53.5 Å². The Morgan fingerprint density at radius 2 is 1.83 bits per heavy atom. The van der Waals surface area contributed by atoms with Gasteiger partial charge >= 0.3 is 6.18 Å². The summed E-state index contributed by atoms with van der Waals surface area (Å²) in [4.78, 5) is 23.8. The van der Waals surface area contributed by atoms with Gasteiger partial charge < -0.3 is 15.5 Å². The normalized spacial score (nSPS) is 17.3. The summed E-state index contributed by atoms with van der Waals surface area (Å²) < 4.78 is 70.7. The fraction of sp³-hybridized carbons (Fsp3) is 0.300. The first-order valence-electron chi connectivity index (χ1n) is 13.2. The molecule has 0 bridgehead atoms. The maximum atomic E-state index is 15.2. The third-order valence-corrected chi connectivity index (χ3v) is 7.01. The van der Waals surface area contributed by atoms with Crippen molar-refractivity contribution in [2.75, 3.05) is 23.3 Å². The van der Waals surface area contributed by atoms with Gasteiger partial charge in [-0.05, 0) is 49.7 Å². The molecule has 4 aromatic rings. The molecule has 0 saturated carbocycles. The van der Waals surface area contributed by atoms with E-state index in [-0.39, 0.29) is 40.4 Å². The third-order valence-electron chi connectivity index (χ3n) is 7.01. The van der Waals surface area contributed by atoms with Gasteiger partial charge in [-0.15, -0.1) is 6.42 Å². The van der Waals surface area contributed by atoms with Gasteiger partial charge in [0.25, 0.3) is 5.56 Å². The molecule has 0 aliphatic carbocycles. The highest BCUT2D eigenvalue weighted by Gasteiger charge is 2.30. The Hall–Kier alpha value is -4.50. The van der Waals surface area contributed by atoms with E-state index >= 15 is 4.39 Å². The van der Waals surface area contributed by atoms with Gasteiger partial charge in [0.2, 0.25) is 5.95 Å². The van der Waals surface area contributed by atoms with Crippen molar-refractivity contribution in [3.8, 4) is 12.3 Å². The van der Waals surface area contributed by atoms with Crippen LogP contribution in [0, 0.1) is 24.0 Å². The molecule has 3 heterocycles.